The summed E-state index contributed by atoms with van der Waals surface area (Å²) in [6.45, 7) is 7.12. The standard InChI is InChI=1S/C25H26N4O2S/c1-3-29(4-2)16-18-9-7-10-19(15-18)28-24(30)23-21(17-32-25-26-13-8-14-27-25)20-11-5-6-12-22(20)31-23/h5-15H,3-4,16-17H2,1-2H3,(H,28,30). The number of hydrogen-bond acceptors (Lipinski definition) is 6. The van der Waals surface area contributed by atoms with E-state index in [1.54, 1.807) is 18.5 Å². The Labute approximate surface area is 192 Å². The summed E-state index contributed by atoms with van der Waals surface area (Å²) in [7, 11) is 0. The fraction of sp³-hybridized carbons (Fsp3) is 0.240. The first kappa shape index (κ1) is 22.0. The van der Waals surface area contributed by atoms with Crippen LogP contribution in [-0.4, -0.2) is 33.9 Å². The van der Waals surface area contributed by atoms with Crippen molar-refractivity contribution in [2.75, 3.05) is 18.4 Å². The molecular formula is C25H26N4O2S. The highest BCUT2D eigenvalue weighted by atomic mass is 32.2. The van der Waals surface area contributed by atoms with Gasteiger partial charge in [0.1, 0.15) is 5.58 Å². The van der Waals surface area contributed by atoms with Crippen molar-refractivity contribution in [1.29, 1.82) is 0 Å². The van der Waals surface area contributed by atoms with Gasteiger partial charge in [0.05, 0.1) is 0 Å². The Bertz CT molecular complexity index is 1190. The molecule has 0 saturated heterocycles. The molecule has 4 aromatic rings. The molecule has 0 atom stereocenters. The fourth-order valence-electron chi connectivity index (χ4n) is 3.56. The van der Waals surface area contributed by atoms with Crippen LogP contribution in [0.3, 0.4) is 0 Å². The van der Waals surface area contributed by atoms with E-state index in [-0.39, 0.29) is 5.91 Å². The fourth-order valence-corrected chi connectivity index (χ4v) is 4.39. The number of carbonyl (C=O) groups excluding carboxylic acids is 1. The minimum Gasteiger partial charge on any atom is -0.451 e. The summed E-state index contributed by atoms with van der Waals surface area (Å²) < 4.78 is 5.98. The van der Waals surface area contributed by atoms with Gasteiger partial charge in [0.15, 0.2) is 10.9 Å². The van der Waals surface area contributed by atoms with Gasteiger partial charge in [0.2, 0.25) is 0 Å². The van der Waals surface area contributed by atoms with Gasteiger partial charge in [0.25, 0.3) is 5.91 Å². The number of hydrogen-bond donors (Lipinski definition) is 1. The van der Waals surface area contributed by atoms with Crippen molar-refractivity contribution in [3.63, 3.8) is 0 Å². The lowest BCUT2D eigenvalue weighted by molar-refractivity contribution is 0.0998. The van der Waals surface area contributed by atoms with E-state index in [9.17, 15) is 4.79 Å². The first-order chi connectivity index (χ1) is 15.7. The van der Waals surface area contributed by atoms with Crippen molar-refractivity contribution in [3.05, 3.63) is 83.9 Å². The zero-order valence-corrected chi connectivity index (χ0v) is 19.1. The van der Waals surface area contributed by atoms with Gasteiger partial charge in [-0.15, -0.1) is 0 Å². The zero-order chi connectivity index (χ0) is 22.3. The van der Waals surface area contributed by atoms with E-state index >= 15 is 0 Å². The van der Waals surface area contributed by atoms with Gasteiger partial charge in [-0.2, -0.15) is 0 Å². The number of amides is 1. The summed E-state index contributed by atoms with van der Waals surface area (Å²) in [4.78, 5) is 24.1. The molecule has 0 aliphatic heterocycles. The quantitative estimate of drug-likeness (QED) is 0.266. The number of benzene rings is 2. The summed E-state index contributed by atoms with van der Waals surface area (Å²) >= 11 is 1.48. The van der Waals surface area contributed by atoms with E-state index in [0.29, 0.717) is 22.3 Å². The molecule has 1 amide bonds. The van der Waals surface area contributed by atoms with E-state index < -0.39 is 0 Å². The molecule has 4 rings (SSSR count). The molecule has 0 fully saturated rings. The molecule has 0 spiro atoms. The lowest BCUT2D eigenvalue weighted by Crippen LogP contribution is -2.22. The average Bonchev–Trinajstić information content (AvgIpc) is 3.21. The normalized spacial score (nSPS) is 11.2. The van der Waals surface area contributed by atoms with Gasteiger partial charge in [-0.25, -0.2) is 9.97 Å². The molecule has 0 saturated carbocycles. The van der Waals surface area contributed by atoms with Crippen molar-refractivity contribution in [2.45, 2.75) is 31.3 Å². The number of nitrogens with zero attached hydrogens (tertiary/aromatic N) is 3. The molecule has 164 valence electrons. The van der Waals surface area contributed by atoms with Crippen LogP contribution in [0.5, 0.6) is 0 Å². The largest absolute Gasteiger partial charge is 0.451 e. The van der Waals surface area contributed by atoms with Crippen molar-refractivity contribution < 1.29 is 9.21 Å². The lowest BCUT2D eigenvalue weighted by Gasteiger charge is -2.18. The van der Waals surface area contributed by atoms with Gasteiger partial charge in [-0.3, -0.25) is 9.69 Å². The minimum absolute atomic E-state index is 0.259. The first-order valence-corrected chi connectivity index (χ1v) is 11.7. The third-order valence-corrected chi connectivity index (χ3v) is 6.18. The van der Waals surface area contributed by atoms with E-state index in [1.807, 2.05) is 42.5 Å². The van der Waals surface area contributed by atoms with Crippen LogP contribution in [-0.2, 0) is 12.3 Å². The van der Waals surface area contributed by atoms with Crippen LogP contribution in [0.25, 0.3) is 11.0 Å². The van der Waals surface area contributed by atoms with Crippen LogP contribution in [0.15, 0.2) is 76.6 Å². The van der Waals surface area contributed by atoms with E-state index in [4.69, 9.17) is 4.42 Å². The number of nitrogens with one attached hydrogen (secondary N) is 1. The van der Waals surface area contributed by atoms with Gasteiger partial charge in [-0.05, 0) is 42.9 Å². The number of furan rings is 1. The summed E-state index contributed by atoms with van der Waals surface area (Å²) in [5.74, 6) is 0.598. The Morgan fingerprint density at radius 1 is 1.03 bits per heavy atom. The van der Waals surface area contributed by atoms with E-state index in [1.165, 1.54) is 11.8 Å². The molecule has 6 nitrogen and oxygen atoms in total. The highest BCUT2D eigenvalue weighted by molar-refractivity contribution is 7.98. The number of anilines is 1. The number of aromatic nitrogens is 2. The summed E-state index contributed by atoms with van der Waals surface area (Å²) in [6, 6.07) is 17.5. The number of carbonyl (C=O) groups is 1. The Hall–Kier alpha value is -3.16. The maximum atomic E-state index is 13.2. The lowest BCUT2D eigenvalue weighted by atomic mass is 10.1. The first-order valence-electron chi connectivity index (χ1n) is 10.7. The van der Waals surface area contributed by atoms with Crippen LogP contribution < -0.4 is 5.32 Å². The average molecular weight is 447 g/mol. The Morgan fingerprint density at radius 3 is 2.59 bits per heavy atom. The Morgan fingerprint density at radius 2 is 1.81 bits per heavy atom. The molecule has 0 bridgehead atoms. The maximum Gasteiger partial charge on any atom is 0.291 e. The molecule has 0 aliphatic rings. The van der Waals surface area contributed by atoms with Crippen molar-refractivity contribution in [3.8, 4) is 0 Å². The van der Waals surface area contributed by atoms with E-state index in [2.05, 4.69) is 40.1 Å². The molecule has 0 aliphatic carbocycles. The van der Waals surface area contributed by atoms with Crippen molar-refractivity contribution >= 4 is 34.3 Å². The van der Waals surface area contributed by atoms with Gasteiger partial charge in [0, 0.05) is 41.3 Å². The molecule has 32 heavy (non-hydrogen) atoms. The summed E-state index contributed by atoms with van der Waals surface area (Å²) in [5.41, 5.74) is 3.45. The Balaban J connectivity index is 1.57. The van der Waals surface area contributed by atoms with Gasteiger partial charge < -0.3 is 9.73 Å². The molecule has 0 radical (unpaired) electrons. The number of fused-ring (bicyclic) bond motifs is 1. The van der Waals surface area contributed by atoms with Crippen LogP contribution in [0.1, 0.15) is 35.5 Å². The molecule has 2 aromatic heterocycles. The second kappa shape index (κ2) is 10.4. The van der Waals surface area contributed by atoms with Gasteiger partial charge in [-0.1, -0.05) is 55.9 Å². The SMILES string of the molecule is CCN(CC)Cc1cccc(NC(=O)c2oc3ccccc3c2CSc2ncccn2)c1. The molecule has 7 heteroatoms. The summed E-state index contributed by atoms with van der Waals surface area (Å²) in [5, 5.41) is 4.60. The topological polar surface area (TPSA) is 71.3 Å². The number of thioether (sulfide) groups is 1. The zero-order valence-electron chi connectivity index (χ0n) is 18.2. The van der Waals surface area contributed by atoms with Crippen molar-refractivity contribution in [1.82, 2.24) is 14.9 Å². The minimum atomic E-state index is -0.259. The predicted molar refractivity (Wildman–Crippen MR) is 129 cm³/mol. The molecule has 0 unspecified atom stereocenters. The second-order valence-corrected chi connectivity index (χ2v) is 8.28. The molecule has 2 aromatic carbocycles. The highest BCUT2D eigenvalue weighted by Crippen LogP contribution is 2.31. The smallest absolute Gasteiger partial charge is 0.291 e. The number of rotatable bonds is 9. The van der Waals surface area contributed by atoms with E-state index in [0.717, 1.165) is 41.8 Å². The third kappa shape index (κ3) is 5.18. The molecule has 1 N–H and O–H groups in total. The van der Waals surface area contributed by atoms with Crippen LogP contribution in [0.2, 0.25) is 0 Å². The predicted octanol–water partition coefficient (Wildman–Crippen LogP) is 5.61. The van der Waals surface area contributed by atoms with Crippen LogP contribution in [0, 0.1) is 0 Å². The van der Waals surface area contributed by atoms with Crippen molar-refractivity contribution in [2.24, 2.45) is 0 Å². The highest BCUT2D eigenvalue weighted by Gasteiger charge is 2.21. The molecular weight excluding hydrogens is 420 g/mol. The third-order valence-electron chi connectivity index (χ3n) is 5.28. The van der Waals surface area contributed by atoms with Gasteiger partial charge >= 0.3 is 0 Å². The Kier molecular flexibility index (Phi) is 7.19. The monoisotopic (exact) mass is 446 g/mol. The number of para-hydroxylation sites is 1. The molecule has 2 heterocycles. The van der Waals surface area contributed by atoms with Crippen LogP contribution >= 0.6 is 11.8 Å². The second-order valence-electron chi connectivity index (χ2n) is 7.34. The van der Waals surface area contributed by atoms with Crippen LogP contribution in [0.4, 0.5) is 5.69 Å². The summed E-state index contributed by atoms with van der Waals surface area (Å²) in [6.07, 6.45) is 3.42. The maximum absolute atomic E-state index is 13.2.